The van der Waals surface area contributed by atoms with Crippen molar-refractivity contribution < 1.29 is 0 Å². The molecule has 0 atom stereocenters. The number of thiophene rings is 1. The first-order valence-electron chi connectivity index (χ1n) is 12.0. The first-order valence-corrected chi connectivity index (χ1v) is 13.9. The highest BCUT2D eigenvalue weighted by molar-refractivity contribution is 14.1. The van der Waals surface area contributed by atoms with Crippen LogP contribution in [0.15, 0.2) is 127 Å². The highest BCUT2D eigenvalue weighted by Crippen LogP contribution is 2.37. The fraction of sp³-hybridized carbons (Fsp3) is 0. The summed E-state index contributed by atoms with van der Waals surface area (Å²) in [4.78, 5) is 0. The van der Waals surface area contributed by atoms with Gasteiger partial charge in [-0.2, -0.15) is 0 Å². The summed E-state index contributed by atoms with van der Waals surface area (Å²) in [5, 5.41) is 5.22. The van der Waals surface area contributed by atoms with Gasteiger partial charge in [-0.1, -0.05) is 84.9 Å². The van der Waals surface area contributed by atoms with Gasteiger partial charge in [-0.15, -0.1) is 11.3 Å². The Morgan fingerprint density at radius 1 is 0.389 bits per heavy atom. The Hall–Kier alpha value is -3.47. The molecule has 0 spiro atoms. The maximum atomic E-state index is 2.35. The lowest BCUT2D eigenvalue weighted by Gasteiger charge is -2.09. The van der Waals surface area contributed by atoms with E-state index in [-0.39, 0.29) is 0 Å². The molecule has 1 heterocycles. The third kappa shape index (κ3) is 3.91. The van der Waals surface area contributed by atoms with Crippen molar-refractivity contribution in [2.24, 2.45) is 0 Å². The average molecular weight is 589 g/mol. The van der Waals surface area contributed by atoms with Crippen molar-refractivity contribution in [1.29, 1.82) is 0 Å². The van der Waals surface area contributed by atoms with E-state index in [1.54, 1.807) is 0 Å². The van der Waals surface area contributed by atoms with Crippen LogP contribution in [-0.2, 0) is 0 Å². The van der Waals surface area contributed by atoms with Gasteiger partial charge in [-0.05, 0) is 109 Å². The van der Waals surface area contributed by atoms with Crippen molar-refractivity contribution in [3.8, 4) is 33.4 Å². The Morgan fingerprint density at radius 2 is 0.861 bits per heavy atom. The number of hydrogen-bond donors (Lipinski definition) is 0. The van der Waals surface area contributed by atoms with Gasteiger partial charge in [0.2, 0.25) is 0 Å². The van der Waals surface area contributed by atoms with Gasteiger partial charge in [0.05, 0.1) is 0 Å². The van der Waals surface area contributed by atoms with E-state index in [4.69, 9.17) is 0 Å². The lowest BCUT2D eigenvalue weighted by molar-refractivity contribution is 1.60. The van der Waals surface area contributed by atoms with Gasteiger partial charge < -0.3 is 0 Å². The molecule has 0 nitrogen and oxygen atoms in total. The molecule has 0 aliphatic carbocycles. The Balaban J connectivity index is 1.20. The molecule has 2 heteroatoms. The Kier molecular flexibility index (Phi) is 5.37. The van der Waals surface area contributed by atoms with Gasteiger partial charge >= 0.3 is 0 Å². The molecule has 0 saturated carbocycles. The summed E-state index contributed by atoms with van der Waals surface area (Å²) in [5.41, 5.74) is 7.51. The monoisotopic (exact) mass is 588 g/mol. The van der Waals surface area contributed by atoms with Crippen molar-refractivity contribution in [3.63, 3.8) is 0 Å². The Labute approximate surface area is 228 Å². The molecular weight excluding hydrogens is 567 g/mol. The summed E-state index contributed by atoms with van der Waals surface area (Å²) in [6.07, 6.45) is 0. The van der Waals surface area contributed by atoms with Crippen LogP contribution in [0.3, 0.4) is 0 Å². The number of rotatable bonds is 3. The number of fused-ring (bicyclic) bond motifs is 4. The average Bonchev–Trinajstić information content (AvgIpc) is 3.31. The smallest absolute Gasteiger partial charge is 0.0355 e. The lowest BCUT2D eigenvalue weighted by Crippen LogP contribution is -1.83. The van der Waals surface area contributed by atoms with E-state index >= 15 is 0 Å². The zero-order chi connectivity index (χ0) is 24.1. The molecule has 0 amide bonds. The standard InChI is InChI=1S/C34H21IS/c35-30-16-13-24(14-17-30)26-10-12-27-19-25(9-11-28(27)20-26)22-5-7-23(8-6-22)29-15-18-34-32(21-29)31-3-1-2-4-33(31)36-34/h1-21H. The summed E-state index contributed by atoms with van der Waals surface area (Å²) in [6, 6.07) is 46.7. The Bertz CT molecular complexity index is 1880. The first-order chi connectivity index (χ1) is 17.7. The van der Waals surface area contributed by atoms with Crippen molar-refractivity contribution in [2.75, 3.05) is 0 Å². The maximum Gasteiger partial charge on any atom is 0.0355 e. The van der Waals surface area contributed by atoms with E-state index in [2.05, 4.69) is 150 Å². The van der Waals surface area contributed by atoms with Crippen LogP contribution in [0.25, 0.3) is 64.3 Å². The van der Waals surface area contributed by atoms with E-state index in [1.807, 2.05) is 11.3 Å². The second-order valence-electron chi connectivity index (χ2n) is 9.17. The largest absolute Gasteiger partial charge is 0.135 e. The molecule has 0 N–H and O–H groups in total. The van der Waals surface area contributed by atoms with Crippen LogP contribution in [0.1, 0.15) is 0 Å². The molecule has 0 radical (unpaired) electrons. The van der Waals surface area contributed by atoms with Gasteiger partial charge in [0.1, 0.15) is 0 Å². The van der Waals surface area contributed by atoms with Gasteiger partial charge in [-0.25, -0.2) is 0 Å². The zero-order valence-electron chi connectivity index (χ0n) is 19.4. The number of benzene rings is 6. The van der Waals surface area contributed by atoms with Crippen molar-refractivity contribution in [1.82, 2.24) is 0 Å². The Morgan fingerprint density at radius 3 is 1.50 bits per heavy atom. The highest BCUT2D eigenvalue weighted by Gasteiger charge is 2.08. The normalized spacial score (nSPS) is 11.5. The van der Waals surface area contributed by atoms with E-state index in [9.17, 15) is 0 Å². The number of hydrogen-bond acceptors (Lipinski definition) is 1. The predicted molar refractivity (Wildman–Crippen MR) is 166 cm³/mol. The number of halogens is 1. The summed E-state index contributed by atoms with van der Waals surface area (Å²) in [6.45, 7) is 0. The van der Waals surface area contributed by atoms with E-state index in [0.29, 0.717) is 0 Å². The molecule has 7 rings (SSSR count). The van der Waals surface area contributed by atoms with Crippen molar-refractivity contribution in [2.45, 2.75) is 0 Å². The fourth-order valence-electron chi connectivity index (χ4n) is 5.01. The van der Waals surface area contributed by atoms with Crippen molar-refractivity contribution >= 4 is 64.9 Å². The quantitative estimate of drug-likeness (QED) is 0.180. The van der Waals surface area contributed by atoms with Gasteiger partial charge in [0.15, 0.2) is 0 Å². The van der Waals surface area contributed by atoms with Gasteiger partial charge in [0, 0.05) is 23.7 Å². The van der Waals surface area contributed by atoms with Crippen LogP contribution >= 0.6 is 33.9 Å². The lowest BCUT2D eigenvalue weighted by atomic mass is 9.96. The van der Waals surface area contributed by atoms with Crippen LogP contribution in [-0.4, -0.2) is 0 Å². The summed E-state index contributed by atoms with van der Waals surface area (Å²) in [7, 11) is 0. The van der Waals surface area contributed by atoms with Crippen LogP contribution in [0.2, 0.25) is 0 Å². The molecule has 1 aromatic heterocycles. The van der Waals surface area contributed by atoms with Gasteiger partial charge in [-0.3, -0.25) is 0 Å². The maximum absolute atomic E-state index is 2.35. The topological polar surface area (TPSA) is 0 Å². The molecule has 0 fully saturated rings. The second-order valence-corrected chi connectivity index (χ2v) is 11.5. The van der Waals surface area contributed by atoms with E-state index in [0.717, 1.165) is 0 Å². The van der Waals surface area contributed by atoms with Crippen LogP contribution < -0.4 is 0 Å². The SMILES string of the molecule is Ic1ccc(-c2ccc3cc(-c4ccc(-c5ccc6sc7ccccc7c6c5)cc4)ccc3c2)cc1. The highest BCUT2D eigenvalue weighted by atomic mass is 127. The molecule has 0 aliphatic rings. The van der Waals surface area contributed by atoms with Crippen molar-refractivity contribution in [3.05, 3.63) is 131 Å². The van der Waals surface area contributed by atoms with E-state index in [1.165, 1.54) is 67.9 Å². The molecule has 0 bridgehead atoms. The second kappa shape index (κ2) is 8.88. The zero-order valence-corrected chi connectivity index (χ0v) is 22.4. The van der Waals surface area contributed by atoms with E-state index < -0.39 is 0 Å². The van der Waals surface area contributed by atoms with Crippen LogP contribution in [0.5, 0.6) is 0 Å². The minimum Gasteiger partial charge on any atom is -0.135 e. The molecule has 7 aromatic rings. The molecule has 0 unspecified atom stereocenters. The summed E-state index contributed by atoms with van der Waals surface area (Å²) >= 11 is 4.22. The minimum atomic E-state index is 1.24. The molecule has 0 aliphatic heterocycles. The molecule has 6 aromatic carbocycles. The third-order valence-electron chi connectivity index (χ3n) is 6.95. The first kappa shape index (κ1) is 21.8. The minimum absolute atomic E-state index is 1.24. The third-order valence-corrected chi connectivity index (χ3v) is 8.82. The van der Waals surface area contributed by atoms with Gasteiger partial charge in [0.25, 0.3) is 0 Å². The molecule has 36 heavy (non-hydrogen) atoms. The molecule has 170 valence electrons. The fourth-order valence-corrected chi connectivity index (χ4v) is 6.45. The van der Waals surface area contributed by atoms with Crippen LogP contribution in [0, 0.1) is 3.57 Å². The summed E-state index contributed by atoms with van der Waals surface area (Å²) < 4.78 is 3.95. The molecular formula is C34H21IS. The predicted octanol–water partition coefficient (Wildman–Crippen LogP) is 10.8. The summed E-state index contributed by atoms with van der Waals surface area (Å²) in [5.74, 6) is 0. The molecule has 0 saturated heterocycles. The van der Waals surface area contributed by atoms with Crippen LogP contribution in [0.4, 0.5) is 0 Å².